The molecule has 2 N–H and O–H groups in total. The van der Waals surface area contributed by atoms with Gasteiger partial charge in [-0.2, -0.15) is 0 Å². The molecule has 1 saturated heterocycles. The number of fused-ring (bicyclic) bond motifs is 5. The van der Waals surface area contributed by atoms with E-state index in [1.54, 1.807) is 30.3 Å². The summed E-state index contributed by atoms with van der Waals surface area (Å²) in [6, 6.07) is 8.49. The van der Waals surface area contributed by atoms with Crippen LogP contribution in [0.3, 0.4) is 0 Å². The molecule has 0 spiro atoms. The molecule has 1 heterocycles. The summed E-state index contributed by atoms with van der Waals surface area (Å²) in [7, 11) is 0. The van der Waals surface area contributed by atoms with Crippen LogP contribution in [0.5, 0.6) is 0 Å². The maximum Gasteiger partial charge on any atom is 0.338 e. The predicted octanol–water partition coefficient (Wildman–Crippen LogP) is 4.02. The Balaban J connectivity index is 1.83. The Morgan fingerprint density at radius 2 is 1.80 bits per heavy atom. The standard InChI is InChI=1S/C32H42O8/c1-8-21-14-23-31(16-38-23,40-19(4)33)25-27(39-28(36)20-12-10-9-11-13-20)32(37)15-22(34)17(2)24(29(32,5)6)18(3)26(35)30(21,25)7/h9-13,18,21-23,25,27,34,37H,8,14-16H2,1-7H3/t18-,21+,22+,23-,25+,27+,30-,31+,32-/m1/s1. The Morgan fingerprint density at radius 3 is 2.35 bits per heavy atom. The van der Waals surface area contributed by atoms with Gasteiger partial charge in [0.1, 0.15) is 23.6 Å². The van der Waals surface area contributed by atoms with Crippen molar-refractivity contribution in [1.82, 2.24) is 0 Å². The first-order valence-corrected chi connectivity index (χ1v) is 14.4. The second-order valence-corrected chi connectivity index (χ2v) is 13.1. The predicted molar refractivity (Wildman–Crippen MR) is 146 cm³/mol. The Morgan fingerprint density at radius 1 is 1.15 bits per heavy atom. The number of carbonyl (C=O) groups excluding carboxylic acids is 3. The number of benzene rings is 1. The molecule has 1 aromatic carbocycles. The van der Waals surface area contributed by atoms with Crippen LogP contribution < -0.4 is 0 Å². The molecule has 1 aliphatic heterocycles. The summed E-state index contributed by atoms with van der Waals surface area (Å²) >= 11 is 0. The van der Waals surface area contributed by atoms with E-state index in [2.05, 4.69) is 0 Å². The quantitative estimate of drug-likeness (QED) is 0.423. The molecule has 5 rings (SSSR count). The first-order valence-electron chi connectivity index (χ1n) is 14.4. The third-order valence-corrected chi connectivity index (χ3v) is 11.0. The minimum absolute atomic E-state index is 0.0236. The first kappa shape index (κ1) is 29.0. The number of Topliss-reactive ketones (excluding diaryl/α,β-unsaturated/α-hetero) is 1. The van der Waals surface area contributed by atoms with Gasteiger partial charge in [0.15, 0.2) is 5.60 Å². The molecule has 40 heavy (non-hydrogen) atoms. The van der Waals surface area contributed by atoms with Gasteiger partial charge in [-0.15, -0.1) is 0 Å². The number of aliphatic hydroxyl groups excluding tert-OH is 1. The Hall–Kier alpha value is -2.55. The summed E-state index contributed by atoms with van der Waals surface area (Å²) in [5.41, 5.74) is -3.66. The van der Waals surface area contributed by atoms with Crippen LogP contribution in [0, 0.1) is 28.6 Å². The zero-order valence-corrected chi connectivity index (χ0v) is 24.5. The molecule has 8 heteroatoms. The van der Waals surface area contributed by atoms with E-state index in [0.29, 0.717) is 29.6 Å². The average Bonchev–Trinajstić information content (AvgIpc) is 2.89. The van der Waals surface area contributed by atoms with E-state index >= 15 is 0 Å². The van der Waals surface area contributed by atoms with Gasteiger partial charge in [-0.05, 0) is 42.5 Å². The number of ether oxygens (including phenoxy) is 3. The van der Waals surface area contributed by atoms with Gasteiger partial charge >= 0.3 is 11.9 Å². The van der Waals surface area contributed by atoms with Gasteiger partial charge in [0.25, 0.3) is 0 Å². The summed E-state index contributed by atoms with van der Waals surface area (Å²) in [6.07, 6.45) is -1.82. The second-order valence-electron chi connectivity index (χ2n) is 13.1. The molecular weight excluding hydrogens is 512 g/mol. The van der Waals surface area contributed by atoms with Gasteiger partial charge in [-0.1, -0.05) is 59.2 Å². The van der Waals surface area contributed by atoms with Crippen molar-refractivity contribution in [3.05, 3.63) is 47.0 Å². The second kappa shape index (κ2) is 9.50. The van der Waals surface area contributed by atoms with Crippen molar-refractivity contribution in [3.8, 4) is 0 Å². The summed E-state index contributed by atoms with van der Waals surface area (Å²) in [5.74, 6) is -2.99. The molecule has 0 aromatic heterocycles. The minimum Gasteiger partial charge on any atom is -0.455 e. The molecule has 1 aromatic rings. The number of rotatable bonds is 4. The van der Waals surface area contributed by atoms with Crippen LogP contribution in [0.15, 0.2) is 41.5 Å². The molecule has 9 atom stereocenters. The van der Waals surface area contributed by atoms with Crippen molar-refractivity contribution in [2.75, 3.05) is 6.61 Å². The van der Waals surface area contributed by atoms with Crippen molar-refractivity contribution in [3.63, 3.8) is 0 Å². The van der Waals surface area contributed by atoms with Crippen molar-refractivity contribution in [1.29, 1.82) is 0 Å². The molecule has 2 bridgehead atoms. The third kappa shape index (κ3) is 3.71. The average molecular weight is 555 g/mol. The Kier molecular flexibility index (Phi) is 6.88. The first-order chi connectivity index (χ1) is 18.7. The van der Waals surface area contributed by atoms with Crippen molar-refractivity contribution < 1.29 is 38.8 Å². The van der Waals surface area contributed by atoms with E-state index in [1.165, 1.54) is 6.92 Å². The maximum absolute atomic E-state index is 14.9. The highest BCUT2D eigenvalue weighted by molar-refractivity contribution is 5.92. The van der Waals surface area contributed by atoms with E-state index in [1.807, 2.05) is 41.5 Å². The summed E-state index contributed by atoms with van der Waals surface area (Å²) in [6.45, 7) is 12.6. The van der Waals surface area contributed by atoms with Crippen molar-refractivity contribution in [2.45, 2.75) is 97.2 Å². The lowest BCUT2D eigenvalue weighted by Crippen LogP contribution is -2.80. The normalized spacial score (nSPS) is 42.0. The van der Waals surface area contributed by atoms with Gasteiger partial charge in [0, 0.05) is 30.1 Å². The van der Waals surface area contributed by atoms with E-state index in [-0.39, 0.29) is 24.7 Å². The largest absolute Gasteiger partial charge is 0.455 e. The lowest BCUT2D eigenvalue weighted by atomic mass is 9.42. The smallest absolute Gasteiger partial charge is 0.338 e. The highest BCUT2D eigenvalue weighted by Gasteiger charge is 2.77. The highest BCUT2D eigenvalue weighted by atomic mass is 16.6. The molecule has 0 unspecified atom stereocenters. The fourth-order valence-corrected chi connectivity index (χ4v) is 8.89. The monoisotopic (exact) mass is 554 g/mol. The Bertz CT molecular complexity index is 1250. The van der Waals surface area contributed by atoms with E-state index in [9.17, 15) is 24.6 Å². The van der Waals surface area contributed by atoms with Gasteiger partial charge in [-0.25, -0.2) is 4.79 Å². The van der Waals surface area contributed by atoms with E-state index < -0.39 is 64.1 Å². The molecule has 8 nitrogen and oxygen atoms in total. The lowest BCUT2D eigenvalue weighted by molar-refractivity contribution is -0.341. The van der Waals surface area contributed by atoms with Crippen LogP contribution in [-0.2, 0) is 23.8 Å². The molecular formula is C32H42O8. The van der Waals surface area contributed by atoms with Crippen LogP contribution in [0.25, 0.3) is 0 Å². The summed E-state index contributed by atoms with van der Waals surface area (Å²) in [5, 5.41) is 24.2. The molecule has 218 valence electrons. The van der Waals surface area contributed by atoms with Crippen LogP contribution in [0.1, 0.15) is 78.1 Å². The molecule has 4 aliphatic rings. The molecule has 0 radical (unpaired) electrons. The maximum atomic E-state index is 14.9. The topological polar surface area (TPSA) is 119 Å². The van der Waals surface area contributed by atoms with E-state index in [4.69, 9.17) is 14.2 Å². The van der Waals surface area contributed by atoms with Crippen LogP contribution in [0.2, 0.25) is 0 Å². The van der Waals surface area contributed by atoms with Gasteiger partial charge < -0.3 is 24.4 Å². The van der Waals surface area contributed by atoms with Crippen LogP contribution in [0.4, 0.5) is 0 Å². The Labute approximate surface area is 236 Å². The zero-order chi connectivity index (χ0) is 29.4. The highest BCUT2D eigenvalue weighted by Crippen LogP contribution is 2.66. The third-order valence-electron chi connectivity index (χ3n) is 11.0. The molecule has 3 aliphatic carbocycles. The fourth-order valence-electron chi connectivity index (χ4n) is 8.89. The molecule has 0 amide bonds. The van der Waals surface area contributed by atoms with Gasteiger partial charge in [-0.3, -0.25) is 9.59 Å². The minimum atomic E-state index is -1.80. The lowest BCUT2D eigenvalue weighted by Gasteiger charge is -2.68. The molecule has 3 fully saturated rings. The number of ketones is 1. The van der Waals surface area contributed by atoms with Crippen molar-refractivity contribution in [2.24, 2.45) is 28.6 Å². The summed E-state index contributed by atoms with van der Waals surface area (Å²) in [4.78, 5) is 41.2. The van der Waals surface area contributed by atoms with Gasteiger partial charge in [0.2, 0.25) is 0 Å². The molecule has 2 saturated carbocycles. The number of carbonyl (C=O) groups is 3. The SMILES string of the molecule is CC[C@H]1C[C@H]2OC[C@@]2(OC(C)=O)[C@H]2[C@H](OC(=O)c3ccccc3)[C@]3(O)C[C@H](O)C(C)=C([C@@H](C)C(=O)[C@]12C)C3(C)C. The zero-order valence-electron chi connectivity index (χ0n) is 24.5. The number of hydrogen-bond donors (Lipinski definition) is 2. The van der Waals surface area contributed by atoms with Crippen LogP contribution in [-0.4, -0.2) is 64.1 Å². The fraction of sp³-hybridized carbons (Fsp3) is 0.656. The van der Waals surface area contributed by atoms with Gasteiger partial charge in [0.05, 0.1) is 24.2 Å². The number of hydrogen-bond acceptors (Lipinski definition) is 8. The number of esters is 2. The van der Waals surface area contributed by atoms with Crippen LogP contribution >= 0.6 is 0 Å². The summed E-state index contributed by atoms with van der Waals surface area (Å²) < 4.78 is 18.5. The number of aliphatic hydroxyl groups is 2. The van der Waals surface area contributed by atoms with Crippen molar-refractivity contribution >= 4 is 17.7 Å². The van der Waals surface area contributed by atoms with E-state index in [0.717, 1.165) is 0 Å².